The lowest BCUT2D eigenvalue weighted by Gasteiger charge is -2.13. The number of furan rings is 1. The number of hydrogen-bond acceptors (Lipinski definition) is 4. The Morgan fingerprint density at radius 1 is 0.382 bits per heavy atom. The highest BCUT2D eigenvalue weighted by molar-refractivity contribution is 6.13. The van der Waals surface area contributed by atoms with Crippen LogP contribution in [0.5, 0.6) is 5.75 Å². The number of benzene rings is 7. The van der Waals surface area contributed by atoms with Crippen molar-refractivity contribution >= 4 is 32.7 Å². The number of aromatic hydroxyl groups is 1. The third-order valence-corrected chi connectivity index (χ3v) is 10.4. The van der Waals surface area contributed by atoms with Crippen LogP contribution < -0.4 is 0 Å². The standard InChI is InChI=1S/C51H34N2O2/c1-32-27-39(42-22-12-24-44-43-23-11-21-41(50(43)55-51(42)44)34-15-6-3-7-16-34)31-46(52-32)36-18-10-19-37(28-36)47-29-38(33-13-4-2-5-14-33)30-48(53-47)45-26-25-35-17-8-9-20-40(35)49(45)54/h2-31,54H,1H3. The molecule has 0 aliphatic heterocycles. The molecule has 4 heteroatoms. The normalized spacial score (nSPS) is 11.4. The van der Waals surface area contributed by atoms with E-state index in [0.29, 0.717) is 11.3 Å². The molecule has 0 aliphatic rings. The Balaban J connectivity index is 1.09. The summed E-state index contributed by atoms with van der Waals surface area (Å²) in [6.07, 6.45) is 0. The van der Waals surface area contributed by atoms with Gasteiger partial charge in [0.05, 0.1) is 17.1 Å². The van der Waals surface area contributed by atoms with Gasteiger partial charge < -0.3 is 9.52 Å². The Hall–Kier alpha value is -7.30. The number of fused-ring (bicyclic) bond motifs is 4. The first-order valence-electron chi connectivity index (χ1n) is 18.5. The fourth-order valence-corrected chi connectivity index (χ4v) is 7.78. The van der Waals surface area contributed by atoms with Gasteiger partial charge in [0.25, 0.3) is 0 Å². The van der Waals surface area contributed by atoms with E-state index in [2.05, 4.69) is 121 Å². The summed E-state index contributed by atoms with van der Waals surface area (Å²) in [7, 11) is 0. The minimum Gasteiger partial charge on any atom is -0.507 e. The summed E-state index contributed by atoms with van der Waals surface area (Å²) in [5.74, 6) is 0.225. The van der Waals surface area contributed by atoms with Crippen LogP contribution in [0.4, 0.5) is 0 Å². The molecule has 55 heavy (non-hydrogen) atoms. The number of aromatic nitrogens is 2. The van der Waals surface area contributed by atoms with Gasteiger partial charge in [-0.15, -0.1) is 0 Å². The zero-order chi connectivity index (χ0) is 36.9. The van der Waals surface area contributed by atoms with Crippen molar-refractivity contribution in [3.05, 3.63) is 188 Å². The number of rotatable bonds is 6. The molecule has 0 fully saturated rings. The summed E-state index contributed by atoms with van der Waals surface area (Å²) in [4.78, 5) is 10.2. The summed E-state index contributed by atoms with van der Waals surface area (Å²) in [6, 6.07) is 62.2. The molecule has 260 valence electrons. The van der Waals surface area contributed by atoms with Gasteiger partial charge in [-0.25, -0.2) is 4.98 Å². The van der Waals surface area contributed by atoms with Crippen LogP contribution in [-0.4, -0.2) is 15.1 Å². The highest BCUT2D eigenvalue weighted by Gasteiger charge is 2.18. The molecule has 3 heterocycles. The predicted molar refractivity (Wildman–Crippen MR) is 226 cm³/mol. The largest absolute Gasteiger partial charge is 0.507 e. The summed E-state index contributed by atoms with van der Waals surface area (Å²) in [5, 5.41) is 15.4. The van der Waals surface area contributed by atoms with Crippen LogP contribution in [-0.2, 0) is 0 Å². The number of para-hydroxylation sites is 2. The number of pyridine rings is 2. The van der Waals surface area contributed by atoms with Gasteiger partial charge in [0.2, 0.25) is 0 Å². The first-order chi connectivity index (χ1) is 27.1. The van der Waals surface area contributed by atoms with Crippen molar-refractivity contribution in [2.45, 2.75) is 6.92 Å². The van der Waals surface area contributed by atoms with Crippen molar-refractivity contribution in [1.82, 2.24) is 9.97 Å². The highest BCUT2D eigenvalue weighted by Crippen LogP contribution is 2.42. The van der Waals surface area contributed by atoms with E-state index in [0.717, 1.165) is 94.3 Å². The second kappa shape index (κ2) is 13.3. The molecule has 7 aromatic carbocycles. The SMILES string of the molecule is Cc1cc(-c2cccc3c2oc2c(-c4ccccc4)cccc23)cc(-c2cccc(-c3cc(-c4ccccc4)cc(-c4ccc5ccccc5c4O)n3)c2)n1. The van der Waals surface area contributed by atoms with E-state index in [-0.39, 0.29) is 5.75 Å². The Bertz CT molecular complexity index is 3060. The molecular weight excluding hydrogens is 673 g/mol. The van der Waals surface area contributed by atoms with E-state index in [1.807, 2.05) is 67.6 Å². The number of aryl methyl sites for hydroxylation is 1. The van der Waals surface area contributed by atoms with E-state index >= 15 is 0 Å². The number of hydrogen-bond donors (Lipinski definition) is 1. The molecule has 0 bridgehead atoms. The lowest BCUT2D eigenvalue weighted by atomic mass is 9.96. The Morgan fingerprint density at radius 3 is 1.65 bits per heavy atom. The molecule has 1 N–H and O–H groups in total. The lowest BCUT2D eigenvalue weighted by Crippen LogP contribution is -1.93. The van der Waals surface area contributed by atoms with E-state index in [1.54, 1.807) is 0 Å². The van der Waals surface area contributed by atoms with Crippen molar-refractivity contribution in [2.24, 2.45) is 0 Å². The molecule has 0 atom stereocenters. The van der Waals surface area contributed by atoms with Gasteiger partial charge in [0.15, 0.2) is 0 Å². The molecule has 0 aliphatic carbocycles. The van der Waals surface area contributed by atoms with Gasteiger partial charge in [-0.3, -0.25) is 4.98 Å². The van der Waals surface area contributed by atoms with Crippen molar-refractivity contribution in [3.63, 3.8) is 0 Å². The summed E-state index contributed by atoms with van der Waals surface area (Å²) in [5.41, 5.74) is 14.0. The molecule has 10 rings (SSSR count). The molecule has 3 aromatic heterocycles. The Kier molecular flexibility index (Phi) is 7.81. The predicted octanol–water partition coefficient (Wildman–Crippen LogP) is 13.5. The third-order valence-electron chi connectivity index (χ3n) is 10.4. The average molecular weight is 707 g/mol. The maximum atomic E-state index is 11.5. The van der Waals surface area contributed by atoms with E-state index in [4.69, 9.17) is 14.4 Å². The monoisotopic (exact) mass is 706 g/mol. The second-order valence-corrected chi connectivity index (χ2v) is 14.0. The maximum Gasteiger partial charge on any atom is 0.143 e. The van der Waals surface area contributed by atoms with Crippen LogP contribution in [0.3, 0.4) is 0 Å². The highest BCUT2D eigenvalue weighted by atomic mass is 16.3. The molecule has 0 spiro atoms. The number of phenolic OH excluding ortho intramolecular Hbond substituents is 1. The van der Waals surface area contributed by atoms with Gasteiger partial charge in [-0.05, 0) is 71.0 Å². The fraction of sp³-hybridized carbons (Fsp3) is 0.0196. The van der Waals surface area contributed by atoms with Crippen molar-refractivity contribution < 1.29 is 9.52 Å². The number of nitrogens with zero attached hydrogens (tertiary/aromatic N) is 2. The van der Waals surface area contributed by atoms with Crippen LogP contribution in [0.25, 0.3) is 99.9 Å². The van der Waals surface area contributed by atoms with Crippen LogP contribution in [0.1, 0.15) is 5.69 Å². The molecule has 10 aromatic rings. The van der Waals surface area contributed by atoms with Crippen LogP contribution >= 0.6 is 0 Å². The minimum absolute atomic E-state index is 0.225. The number of phenols is 1. The van der Waals surface area contributed by atoms with Gasteiger partial charge in [-0.1, -0.05) is 146 Å². The second-order valence-electron chi connectivity index (χ2n) is 14.0. The summed E-state index contributed by atoms with van der Waals surface area (Å²) < 4.78 is 6.77. The molecule has 0 amide bonds. The molecule has 0 saturated heterocycles. The third kappa shape index (κ3) is 5.81. The van der Waals surface area contributed by atoms with Gasteiger partial charge in [0, 0.05) is 49.7 Å². The zero-order valence-electron chi connectivity index (χ0n) is 30.1. The average Bonchev–Trinajstić information content (AvgIpc) is 3.63. The fourth-order valence-electron chi connectivity index (χ4n) is 7.78. The molecule has 0 saturated carbocycles. The van der Waals surface area contributed by atoms with E-state index in [9.17, 15) is 5.11 Å². The van der Waals surface area contributed by atoms with Crippen molar-refractivity contribution in [2.75, 3.05) is 0 Å². The van der Waals surface area contributed by atoms with Gasteiger partial charge in [0.1, 0.15) is 16.9 Å². The van der Waals surface area contributed by atoms with Crippen LogP contribution in [0.2, 0.25) is 0 Å². The molecule has 4 nitrogen and oxygen atoms in total. The quantitative estimate of drug-likeness (QED) is 0.187. The van der Waals surface area contributed by atoms with Crippen LogP contribution in [0, 0.1) is 6.92 Å². The van der Waals surface area contributed by atoms with E-state index in [1.165, 1.54) is 0 Å². The smallest absolute Gasteiger partial charge is 0.143 e. The van der Waals surface area contributed by atoms with Gasteiger partial charge >= 0.3 is 0 Å². The summed E-state index contributed by atoms with van der Waals surface area (Å²) in [6.45, 7) is 2.04. The first-order valence-corrected chi connectivity index (χ1v) is 18.5. The summed E-state index contributed by atoms with van der Waals surface area (Å²) >= 11 is 0. The first kappa shape index (κ1) is 32.4. The molecule has 0 unspecified atom stereocenters. The Morgan fingerprint density at radius 2 is 0.927 bits per heavy atom. The topological polar surface area (TPSA) is 59.2 Å². The van der Waals surface area contributed by atoms with Gasteiger partial charge in [-0.2, -0.15) is 0 Å². The van der Waals surface area contributed by atoms with Crippen molar-refractivity contribution in [3.8, 4) is 72.9 Å². The Labute approximate surface area is 318 Å². The minimum atomic E-state index is 0.225. The van der Waals surface area contributed by atoms with E-state index < -0.39 is 0 Å². The zero-order valence-corrected chi connectivity index (χ0v) is 30.1. The van der Waals surface area contributed by atoms with Crippen LogP contribution in [0.15, 0.2) is 186 Å². The maximum absolute atomic E-state index is 11.5. The molecule has 0 radical (unpaired) electrons. The molecular formula is C51H34N2O2. The van der Waals surface area contributed by atoms with Crippen molar-refractivity contribution in [1.29, 1.82) is 0 Å². The lowest BCUT2D eigenvalue weighted by molar-refractivity contribution is 0.483.